The molecule has 4 heterocycles. The van der Waals surface area contributed by atoms with Crippen LogP contribution in [0.4, 0.5) is 0 Å². The summed E-state index contributed by atoms with van der Waals surface area (Å²) in [5.41, 5.74) is 2.97. The summed E-state index contributed by atoms with van der Waals surface area (Å²) in [5.74, 6) is 0.222. The van der Waals surface area contributed by atoms with Gasteiger partial charge in [-0.1, -0.05) is 6.07 Å². The number of pyridine rings is 1. The highest BCUT2D eigenvalue weighted by atomic mass is 16.2. The number of fused-ring (bicyclic) bond motifs is 2. The number of carbonyl (C=O) groups is 1. The van der Waals surface area contributed by atoms with E-state index in [0.29, 0.717) is 12.5 Å². The summed E-state index contributed by atoms with van der Waals surface area (Å²) in [7, 11) is 0. The molecule has 1 amide bonds. The van der Waals surface area contributed by atoms with Crippen LogP contribution < -0.4 is 0 Å². The van der Waals surface area contributed by atoms with E-state index in [2.05, 4.69) is 27.8 Å². The molecular weight excluding hydrogens is 288 g/mol. The van der Waals surface area contributed by atoms with Crippen molar-refractivity contribution in [2.75, 3.05) is 26.2 Å². The zero-order chi connectivity index (χ0) is 15.8. The lowest BCUT2D eigenvalue weighted by atomic mass is 10.2. The van der Waals surface area contributed by atoms with Gasteiger partial charge in [-0.25, -0.2) is 4.98 Å². The van der Waals surface area contributed by atoms with Crippen molar-refractivity contribution < 1.29 is 4.79 Å². The van der Waals surface area contributed by atoms with Crippen molar-refractivity contribution >= 4 is 11.6 Å². The van der Waals surface area contributed by atoms with Crippen molar-refractivity contribution in [1.29, 1.82) is 0 Å². The van der Waals surface area contributed by atoms with Gasteiger partial charge in [-0.3, -0.25) is 9.69 Å². The summed E-state index contributed by atoms with van der Waals surface area (Å²) in [4.78, 5) is 22.0. The fourth-order valence-corrected chi connectivity index (χ4v) is 3.99. The van der Waals surface area contributed by atoms with Crippen LogP contribution in [0.15, 0.2) is 24.5 Å². The summed E-state index contributed by atoms with van der Waals surface area (Å²) >= 11 is 0. The number of rotatable bonds is 2. The maximum atomic E-state index is 12.7. The average molecular weight is 312 g/mol. The summed E-state index contributed by atoms with van der Waals surface area (Å²) in [6.07, 6.45) is 7.99. The van der Waals surface area contributed by atoms with Crippen LogP contribution in [0.1, 0.15) is 30.5 Å². The normalized spacial score (nSPS) is 22.3. The molecular formula is C18H24N4O. The molecule has 2 fully saturated rings. The Kier molecular flexibility index (Phi) is 3.81. The zero-order valence-corrected chi connectivity index (χ0v) is 13.7. The van der Waals surface area contributed by atoms with Crippen molar-refractivity contribution in [1.82, 2.24) is 19.2 Å². The molecule has 1 unspecified atom stereocenters. The Morgan fingerprint density at radius 1 is 1.30 bits per heavy atom. The first-order valence-corrected chi connectivity index (χ1v) is 8.66. The van der Waals surface area contributed by atoms with Crippen LogP contribution in [0, 0.1) is 6.92 Å². The smallest absolute Gasteiger partial charge is 0.228 e. The molecule has 0 aromatic carbocycles. The molecule has 122 valence electrons. The van der Waals surface area contributed by atoms with E-state index in [1.807, 2.05) is 22.9 Å². The van der Waals surface area contributed by atoms with E-state index in [-0.39, 0.29) is 5.91 Å². The third-order valence-electron chi connectivity index (χ3n) is 5.22. The SMILES string of the molecule is Cc1cccn2cc(CC(=O)N3CCCN4CCCC4C3)nc12. The first-order chi connectivity index (χ1) is 11.2. The van der Waals surface area contributed by atoms with Gasteiger partial charge in [-0.2, -0.15) is 0 Å². The quantitative estimate of drug-likeness (QED) is 0.850. The molecule has 0 spiro atoms. The molecule has 0 N–H and O–H groups in total. The molecule has 2 aromatic rings. The fourth-order valence-electron chi connectivity index (χ4n) is 3.99. The Bertz CT molecular complexity index is 723. The lowest BCUT2D eigenvalue weighted by Gasteiger charge is -2.25. The summed E-state index contributed by atoms with van der Waals surface area (Å²) in [5, 5.41) is 0. The molecule has 5 heteroatoms. The molecule has 1 atom stereocenters. The first kappa shape index (κ1) is 14.7. The van der Waals surface area contributed by atoms with Gasteiger partial charge in [0.05, 0.1) is 12.1 Å². The topological polar surface area (TPSA) is 40.9 Å². The number of hydrogen-bond donors (Lipinski definition) is 0. The molecule has 23 heavy (non-hydrogen) atoms. The molecule has 4 rings (SSSR count). The highest BCUT2D eigenvalue weighted by Gasteiger charge is 2.30. The van der Waals surface area contributed by atoms with Crippen LogP contribution in [0.25, 0.3) is 5.65 Å². The minimum Gasteiger partial charge on any atom is -0.341 e. The molecule has 2 aliphatic rings. The van der Waals surface area contributed by atoms with Crippen LogP contribution in [-0.2, 0) is 11.2 Å². The van der Waals surface area contributed by atoms with Gasteiger partial charge >= 0.3 is 0 Å². The second-order valence-corrected chi connectivity index (χ2v) is 6.86. The van der Waals surface area contributed by atoms with Crippen LogP contribution in [0.2, 0.25) is 0 Å². The van der Waals surface area contributed by atoms with Gasteiger partial charge in [0.25, 0.3) is 0 Å². The number of nitrogens with zero attached hydrogens (tertiary/aromatic N) is 4. The number of carbonyl (C=O) groups excluding carboxylic acids is 1. The standard InChI is InChI=1S/C18H24N4O/c1-14-5-2-8-22-12-15(19-18(14)22)11-17(23)21-10-4-9-20-7-3-6-16(20)13-21/h2,5,8,12,16H,3-4,6-7,9-11,13H2,1H3. The van der Waals surface area contributed by atoms with Gasteiger partial charge in [0.15, 0.2) is 0 Å². The van der Waals surface area contributed by atoms with Crippen molar-refractivity contribution in [2.24, 2.45) is 0 Å². The Labute approximate surface area is 136 Å². The fraction of sp³-hybridized carbons (Fsp3) is 0.556. The van der Waals surface area contributed by atoms with Crippen molar-refractivity contribution in [2.45, 2.75) is 38.6 Å². The third kappa shape index (κ3) is 2.85. The van der Waals surface area contributed by atoms with E-state index in [1.54, 1.807) is 0 Å². The Morgan fingerprint density at radius 2 is 2.17 bits per heavy atom. The van der Waals surface area contributed by atoms with E-state index >= 15 is 0 Å². The van der Waals surface area contributed by atoms with Crippen molar-refractivity contribution in [3.63, 3.8) is 0 Å². The Balaban J connectivity index is 1.48. The van der Waals surface area contributed by atoms with Gasteiger partial charge in [0.1, 0.15) is 5.65 Å². The maximum Gasteiger partial charge on any atom is 0.228 e. The second kappa shape index (κ2) is 5.96. The van der Waals surface area contributed by atoms with E-state index in [4.69, 9.17) is 0 Å². The monoisotopic (exact) mass is 312 g/mol. The van der Waals surface area contributed by atoms with Crippen LogP contribution in [-0.4, -0.2) is 57.3 Å². The van der Waals surface area contributed by atoms with Crippen LogP contribution >= 0.6 is 0 Å². The maximum absolute atomic E-state index is 12.7. The predicted molar refractivity (Wildman–Crippen MR) is 89.4 cm³/mol. The highest BCUT2D eigenvalue weighted by molar-refractivity contribution is 5.78. The van der Waals surface area contributed by atoms with E-state index in [1.165, 1.54) is 19.4 Å². The Morgan fingerprint density at radius 3 is 3.04 bits per heavy atom. The third-order valence-corrected chi connectivity index (χ3v) is 5.22. The molecule has 0 aliphatic carbocycles. The number of amides is 1. The van der Waals surface area contributed by atoms with E-state index < -0.39 is 0 Å². The lowest BCUT2D eigenvalue weighted by molar-refractivity contribution is -0.130. The number of hydrogen-bond acceptors (Lipinski definition) is 3. The largest absolute Gasteiger partial charge is 0.341 e. The first-order valence-electron chi connectivity index (χ1n) is 8.66. The van der Waals surface area contributed by atoms with E-state index in [0.717, 1.165) is 43.0 Å². The minimum atomic E-state index is 0.222. The molecule has 5 nitrogen and oxygen atoms in total. The van der Waals surface area contributed by atoms with Gasteiger partial charge in [0.2, 0.25) is 5.91 Å². The number of aryl methyl sites for hydroxylation is 1. The summed E-state index contributed by atoms with van der Waals surface area (Å²) in [6.45, 7) is 6.18. The Hall–Kier alpha value is -1.88. The molecule has 2 aliphatic heterocycles. The van der Waals surface area contributed by atoms with Gasteiger partial charge < -0.3 is 9.30 Å². The minimum absolute atomic E-state index is 0.222. The second-order valence-electron chi connectivity index (χ2n) is 6.86. The van der Waals surface area contributed by atoms with Crippen LogP contribution in [0.3, 0.4) is 0 Å². The summed E-state index contributed by atoms with van der Waals surface area (Å²) in [6, 6.07) is 4.64. The number of aromatic nitrogens is 2. The average Bonchev–Trinajstić information content (AvgIpc) is 3.09. The van der Waals surface area contributed by atoms with Crippen molar-refractivity contribution in [3.8, 4) is 0 Å². The molecule has 0 radical (unpaired) electrons. The van der Waals surface area contributed by atoms with Crippen molar-refractivity contribution in [3.05, 3.63) is 35.8 Å². The van der Waals surface area contributed by atoms with Gasteiger partial charge in [0, 0.05) is 38.1 Å². The molecule has 0 bridgehead atoms. The predicted octanol–water partition coefficient (Wildman–Crippen LogP) is 1.88. The summed E-state index contributed by atoms with van der Waals surface area (Å²) < 4.78 is 2.01. The van der Waals surface area contributed by atoms with Gasteiger partial charge in [-0.05, 0) is 44.4 Å². The highest BCUT2D eigenvalue weighted by Crippen LogP contribution is 2.22. The molecule has 0 saturated carbocycles. The van der Waals surface area contributed by atoms with Gasteiger partial charge in [-0.15, -0.1) is 0 Å². The molecule has 2 saturated heterocycles. The zero-order valence-electron chi connectivity index (χ0n) is 13.7. The van der Waals surface area contributed by atoms with E-state index in [9.17, 15) is 4.79 Å². The lowest BCUT2D eigenvalue weighted by Crippen LogP contribution is -2.40. The molecule has 2 aromatic heterocycles. The number of imidazole rings is 1. The van der Waals surface area contributed by atoms with Crippen LogP contribution in [0.5, 0.6) is 0 Å².